The van der Waals surface area contributed by atoms with Crippen molar-refractivity contribution in [2.45, 2.75) is 52.4 Å². The number of para-hydroxylation sites is 2. The van der Waals surface area contributed by atoms with E-state index >= 15 is 0 Å². The zero-order chi connectivity index (χ0) is 27.1. The van der Waals surface area contributed by atoms with Gasteiger partial charge in [-0.25, -0.2) is 9.78 Å². The number of carbonyl (C=O) groups excluding carboxylic acids is 1. The third kappa shape index (κ3) is 5.32. The molecule has 1 saturated heterocycles. The molecule has 0 atom stereocenters. The summed E-state index contributed by atoms with van der Waals surface area (Å²) >= 11 is 8.01. The van der Waals surface area contributed by atoms with Gasteiger partial charge in [0, 0.05) is 47.0 Å². The van der Waals surface area contributed by atoms with Gasteiger partial charge >= 0.3 is 6.03 Å². The number of aromatic hydroxyl groups is 1. The number of nitrogens with zero attached hydrogens (tertiary/aromatic N) is 4. The number of urea groups is 1. The second-order valence-electron chi connectivity index (χ2n) is 11.5. The number of fused-ring (bicyclic) bond motifs is 2. The van der Waals surface area contributed by atoms with Crippen LogP contribution < -0.4 is 15.5 Å². The van der Waals surface area contributed by atoms with Gasteiger partial charge in [-0.1, -0.05) is 51.4 Å². The Hall–Kier alpha value is -2.88. The van der Waals surface area contributed by atoms with Gasteiger partial charge in [-0.2, -0.15) is 4.37 Å². The van der Waals surface area contributed by atoms with Gasteiger partial charge in [-0.3, -0.25) is 5.32 Å². The summed E-state index contributed by atoms with van der Waals surface area (Å²) in [6.07, 6.45) is 2.60. The molecule has 2 amide bonds. The van der Waals surface area contributed by atoms with E-state index in [0.29, 0.717) is 34.6 Å². The molecule has 2 aliphatic heterocycles. The first-order chi connectivity index (χ1) is 18.1. The maximum atomic E-state index is 12.9. The number of rotatable bonds is 5. The van der Waals surface area contributed by atoms with Gasteiger partial charge in [0.1, 0.15) is 11.6 Å². The van der Waals surface area contributed by atoms with Crippen LogP contribution in [0.15, 0.2) is 36.4 Å². The zero-order valence-electron chi connectivity index (χ0n) is 22.3. The first-order valence-electron chi connectivity index (χ1n) is 13.1. The minimum atomic E-state index is -0.392. The van der Waals surface area contributed by atoms with Crippen molar-refractivity contribution in [3.05, 3.63) is 52.8 Å². The molecule has 2 aliphatic rings. The number of phenolic OH excluding ortho intramolecular Hbond substituents is 1. The van der Waals surface area contributed by atoms with Crippen LogP contribution in [0.1, 0.15) is 51.9 Å². The molecule has 0 saturated carbocycles. The van der Waals surface area contributed by atoms with Crippen LogP contribution in [0, 0.1) is 5.41 Å². The van der Waals surface area contributed by atoms with Crippen LogP contribution in [-0.2, 0) is 11.8 Å². The summed E-state index contributed by atoms with van der Waals surface area (Å²) in [5.41, 5.74) is 3.23. The van der Waals surface area contributed by atoms with Crippen molar-refractivity contribution in [1.29, 1.82) is 0 Å². The third-order valence-electron chi connectivity index (χ3n) is 7.33. The van der Waals surface area contributed by atoms with Crippen molar-refractivity contribution < 1.29 is 9.90 Å². The Morgan fingerprint density at radius 1 is 1.16 bits per heavy atom. The lowest BCUT2D eigenvalue weighted by Crippen LogP contribution is -2.47. The summed E-state index contributed by atoms with van der Waals surface area (Å²) in [5, 5.41) is 18.0. The minimum absolute atomic E-state index is 0.183. The fraction of sp³-hybridized carbons (Fsp3) is 0.464. The number of anilines is 4. The number of aryl methyl sites for hydroxylation is 1. The summed E-state index contributed by atoms with van der Waals surface area (Å²) in [7, 11) is 0. The molecule has 0 unspecified atom stereocenters. The number of phenols is 1. The molecule has 2 aromatic carbocycles. The largest absolute Gasteiger partial charge is 0.506 e. The van der Waals surface area contributed by atoms with Crippen LogP contribution in [0.5, 0.6) is 5.75 Å². The summed E-state index contributed by atoms with van der Waals surface area (Å²) in [6.45, 7) is 12.5. The van der Waals surface area contributed by atoms with Crippen LogP contribution in [0.4, 0.5) is 27.0 Å². The molecule has 1 spiro atoms. The Balaban J connectivity index is 1.43. The number of carbonyl (C=O) groups is 1. The highest BCUT2D eigenvalue weighted by atomic mass is 35.5. The van der Waals surface area contributed by atoms with E-state index < -0.39 is 6.03 Å². The topological polar surface area (TPSA) is 93.6 Å². The molecule has 3 heterocycles. The molecule has 10 heteroatoms. The Kier molecular flexibility index (Phi) is 7.28. The highest BCUT2D eigenvalue weighted by Crippen LogP contribution is 2.56. The number of nitrogens with one attached hydrogen (secondary N) is 2. The van der Waals surface area contributed by atoms with Gasteiger partial charge in [-0.05, 0) is 55.6 Å². The SMILES string of the molecule is CCc1nsc(NC(=O)Nc2ccccc2N2CC3(CCN(CC(C)(C)C)CC3)c3c(Cl)ccc(O)c32)n1. The van der Waals surface area contributed by atoms with Crippen molar-refractivity contribution in [1.82, 2.24) is 14.3 Å². The predicted octanol–water partition coefficient (Wildman–Crippen LogP) is 6.63. The lowest BCUT2D eigenvalue weighted by atomic mass is 9.74. The van der Waals surface area contributed by atoms with Crippen molar-refractivity contribution in [2.24, 2.45) is 5.41 Å². The summed E-state index contributed by atoms with van der Waals surface area (Å²) in [5.74, 6) is 0.893. The average Bonchev–Trinajstić information content (AvgIpc) is 3.46. The molecule has 5 rings (SSSR count). The third-order valence-corrected chi connectivity index (χ3v) is 8.31. The predicted molar refractivity (Wildman–Crippen MR) is 155 cm³/mol. The first kappa shape index (κ1) is 26.7. The Morgan fingerprint density at radius 2 is 1.89 bits per heavy atom. The van der Waals surface area contributed by atoms with Crippen LogP contribution in [-0.4, -0.2) is 51.6 Å². The summed E-state index contributed by atoms with van der Waals surface area (Å²) < 4.78 is 4.23. The molecular weight excluding hydrogens is 520 g/mol. The maximum absolute atomic E-state index is 12.9. The van der Waals surface area contributed by atoms with Crippen LogP contribution in [0.3, 0.4) is 0 Å². The van der Waals surface area contributed by atoms with Gasteiger partial charge in [0.25, 0.3) is 0 Å². The van der Waals surface area contributed by atoms with Crippen LogP contribution in [0.25, 0.3) is 0 Å². The number of benzene rings is 2. The summed E-state index contributed by atoms with van der Waals surface area (Å²) in [6, 6.07) is 10.7. The van der Waals surface area contributed by atoms with Gasteiger partial charge in [0.05, 0.1) is 17.1 Å². The Labute approximate surface area is 233 Å². The van der Waals surface area contributed by atoms with Crippen molar-refractivity contribution in [3.63, 3.8) is 0 Å². The molecule has 8 nitrogen and oxygen atoms in total. The number of likely N-dealkylation sites (tertiary alicyclic amines) is 1. The highest BCUT2D eigenvalue weighted by molar-refractivity contribution is 7.09. The molecule has 3 N–H and O–H groups in total. The number of amides is 2. The first-order valence-corrected chi connectivity index (χ1v) is 14.3. The number of aromatic nitrogens is 2. The molecule has 0 aliphatic carbocycles. The molecule has 0 bridgehead atoms. The van der Waals surface area contributed by atoms with Gasteiger partial charge in [-0.15, -0.1) is 0 Å². The molecule has 0 radical (unpaired) electrons. The van der Waals surface area contributed by atoms with E-state index in [1.807, 2.05) is 31.2 Å². The lowest BCUT2D eigenvalue weighted by molar-refractivity contribution is 0.125. The molecule has 38 heavy (non-hydrogen) atoms. The van der Waals surface area contributed by atoms with Crippen LogP contribution >= 0.6 is 23.1 Å². The van der Waals surface area contributed by atoms with E-state index in [1.54, 1.807) is 12.1 Å². The van der Waals surface area contributed by atoms with Crippen molar-refractivity contribution in [3.8, 4) is 5.75 Å². The molecular formula is C28H35ClN6O2S. The monoisotopic (exact) mass is 554 g/mol. The summed E-state index contributed by atoms with van der Waals surface area (Å²) in [4.78, 5) is 21.8. The van der Waals surface area contributed by atoms with Gasteiger partial charge < -0.3 is 20.2 Å². The quantitative estimate of drug-likeness (QED) is 0.327. The molecule has 202 valence electrons. The second kappa shape index (κ2) is 10.4. The molecule has 1 fully saturated rings. The van der Waals surface area contributed by atoms with E-state index in [1.165, 1.54) is 0 Å². The number of piperidine rings is 1. The lowest BCUT2D eigenvalue weighted by Gasteiger charge is -2.42. The number of halogens is 1. The number of hydrogen-bond donors (Lipinski definition) is 3. The molecule has 1 aromatic heterocycles. The maximum Gasteiger partial charge on any atom is 0.325 e. The van der Waals surface area contributed by atoms with E-state index in [-0.39, 0.29) is 16.6 Å². The minimum Gasteiger partial charge on any atom is -0.506 e. The van der Waals surface area contributed by atoms with Crippen molar-refractivity contribution in [2.75, 3.05) is 41.7 Å². The standard InChI is InChI=1S/C28H35ClN6O2S/c1-5-22-31-26(38-33-22)32-25(37)30-19-8-6-7-9-20(19)35-17-28(23-18(29)10-11-21(36)24(23)35)12-14-34(15-13-28)16-27(2,3)4/h6-11,36H,5,12-17H2,1-4H3,(H2,30,31,32,33,37). The Morgan fingerprint density at radius 3 is 2.58 bits per heavy atom. The van der Waals surface area contributed by atoms with E-state index in [4.69, 9.17) is 11.6 Å². The Bertz CT molecular complexity index is 1330. The van der Waals surface area contributed by atoms with Gasteiger partial charge in [0.2, 0.25) is 5.13 Å². The van der Waals surface area contributed by atoms with E-state index in [9.17, 15) is 9.90 Å². The van der Waals surface area contributed by atoms with E-state index in [2.05, 4.69) is 50.6 Å². The van der Waals surface area contributed by atoms with Crippen LogP contribution in [0.2, 0.25) is 5.02 Å². The van der Waals surface area contributed by atoms with E-state index in [0.717, 1.165) is 60.9 Å². The molecule has 3 aromatic rings. The fourth-order valence-electron chi connectivity index (χ4n) is 5.73. The average molecular weight is 555 g/mol. The normalized spacial score (nSPS) is 17.0. The number of hydrogen-bond acceptors (Lipinski definition) is 7. The van der Waals surface area contributed by atoms with Gasteiger partial charge in [0.15, 0.2) is 0 Å². The second-order valence-corrected chi connectivity index (χ2v) is 12.6. The van der Waals surface area contributed by atoms with Crippen molar-refractivity contribution >= 4 is 51.4 Å². The smallest absolute Gasteiger partial charge is 0.325 e. The zero-order valence-corrected chi connectivity index (χ0v) is 23.9. The highest BCUT2D eigenvalue weighted by Gasteiger charge is 2.48. The fourth-order valence-corrected chi connectivity index (χ4v) is 6.73.